The van der Waals surface area contributed by atoms with Gasteiger partial charge in [0.25, 0.3) is 5.91 Å². The third kappa shape index (κ3) is 4.47. The number of amides is 1. The number of thiophene rings is 1. The monoisotopic (exact) mass is 406 g/mol. The number of benzene rings is 1. The van der Waals surface area contributed by atoms with Crippen molar-refractivity contribution in [2.24, 2.45) is 0 Å². The topological polar surface area (TPSA) is 105 Å². The number of carbonyl (C=O) groups is 2. The van der Waals surface area contributed by atoms with Gasteiger partial charge in [-0.1, -0.05) is 26.0 Å². The second-order valence-corrected chi connectivity index (χ2v) is 7.53. The summed E-state index contributed by atoms with van der Waals surface area (Å²) in [4.78, 5) is 34.3. The molecule has 7 nitrogen and oxygen atoms in total. The first-order valence-electron chi connectivity index (χ1n) is 8.80. The Morgan fingerprint density at radius 1 is 1.28 bits per heavy atom. The quantitative estimate of drug-likeness (QED) is 0.388. The van der Waals surface area contributed by atoms with Gasteiger partial charge in [0.15, 0.2) is 0 Å². The molecule has 1 amide bonds. The number of fused-ring (bicyclic) bond motifs is 1. The van der Waals surface area contributed by atoms with Crippen LogP contribution in [0.3, 0.4) is 0 Å². The standard InChI is InChI=1S/C21H18N4O3S/c1-12(2)18-9-15(21(27)28-3)20(29-18)25-19(26)13(10-22)8-14-11-23-16-6-4-5-7-17(16)24-14/h4-9,11-12H,1-3H3,(H,25,26)/b13-8+. The molecule has 0 aliphatic heterocycles. The smallest absolute Gasteiger partial charge is 0.340 e. The van der Waals surface area contributed by atoms with Crippen LogP contribution in [-0.4, -0.2) is 29.0 Å². The first-order valence-corrected chi connectivity index (χ1v) is 9.61. The van der Waals surface area contributed by atoms with Crippen molar-refractivity contribution in [3.63, 3.8) is 0 Å². The first-order chi connectivity index (χ1) is 13.9. The lowest BCUT2D eigenvalue weighted by atomic mass is 10.1. The molecule has 0 saturated heterocycles. The number of hydrogen-bond donors (Lipinski definition) is 1. The molecule has 0 unspecified atom stereocenters. The molecule has 0 radical (unpaired) electrons. The molecule has 0 aliphatic carbocycles. The number of anilines is 1. The summed E-state index contributed by atoms with van der Waals surface area (Å²) in [7, 11) is 1.28. The van der Waals surface area contributed by atoms with Crippen LogP contribution in [-0.2, 0) is 9.53 Å². The van der Waals surface area contributed by atoms with Crippen molar-refractivity contribution in [1.29, 1.82) is 5.26 Å². The van der Waals surface area contributed by atoms with Crippen LogP contribution in [0.4, 0.5) is 5.00 Å². The van der Waals surface area contributed by atoms with Gasteiger partial charge in [-0.25, -0.2) is 9.78 Å². The number of methoxy groups -OCH3 is 1. The number of carbonyl (C=O) groups excluding carboxylic acids is 2. The van der Waals surface area contributed by atoms with E-state index in [9.17, 15) is 14.9 Å². The Morgan fingerprint density at radius 3 is 2.66 bits per heavy atom. The van der Waals surface area contributed by atoms with Crippen LogP contribution in [0.2, 0.25) is 0 Å². The molecule has 1 N–H and O–H groups in total. The van der Waals surface area contributed by atoms with Gasteiger partial charge in [0.1, 0.15) is 16.6 Å². The van der Waals surface area contributed by atoms with E-state index in [1.807, 2.05) is 38.1 Å². The average molecular weight is 406 g/mol. The van der Waals surface area contributed by atoms with E-state index in [4.69, 9.17) is 4.74 Å². The maximum absolute atomic E-state index is 12.7. The Kier molecular flexibility index (Phi) is 6.00. The zero-order valence-electron chi connectivity index (χ0n) is 16.1. The summed E-state index contributed by atoms with van der Waals surface area (Å²) < 4.78 is 4.79. The minimum atomic E-state index is -0.634. The number of nitrogens with zero attached hydrogens (tertiary/aromatic N) is 3. The van der Waals surface area contributed by atoms with Gasteiger partial charge in [0.2, 0.25) is 0 Å². The molecule has 0 aliphatic rings. The fourth-order valence-electron chi connectivity index (χ4n) is 2.56. The lowest BCUT2D eigenvalue weighted by Gasteiger charge is -2.05. The van der Waals surface area contributed by atoms with Gasteiger partial charge in [-0.05, 0) is 30.2 Å². The van der Waals surface area contributed by atoms with Crippen LogP contribution in [0, 0.1) is 11.3 Å². The Morgan fingerprint density at radius 2 is 2.00 bits per heavy atom. The Balaban J connectivity index is 1.91. The van der Waals surface area contributed by atoms with Gasteiger partial charge in [-0.2, -0.15) is 5.26 Å². The van der Waals surface area contributed by atoms with Crippen LogP contribution >= 0.6 is 11.3 Å². The molecule has 2 heterocycles. The Labute approximate surface area is 171 Å². The largest absolute Gasteiger partial charge is 0.465 e. The SMILES string of the molecule is COC(=O)c1cc(C(C)C)sc1NC(=O)/C(C#N)=C/c1cnc2ccccc2n1. The lowest BCUT2D eigenvalue weighted by molar-refractivity contribution is -0.112. The highest BCUT2D eigenvalue weighted by molar-refractivity contribution is 7.16. The second-order valence-electron chi connectivity index (χ2n) is 6.45. The molecule has 8 heteroatoms. The van der Waals surface area contributed by atoms with Crippen molar-refractivity contribution in [3.8, 4) is 6.07 Å². The number of para-hydroxylation sites is 2. The molecule has 0 fully saturated rings. The predicted octanol–water partition coefficient (Wildman–Crippen LogP) is 4.15. The summed E-state index contributed by atoms with van der Waals surface area (Å²) in [5.74, 6) is -1.01. The molecule has 0 saturated carbocycles. The van der Waals surface area contributed by atoms with Crippen molar-refractivity contribution in [2.75, 3.05) is 12.4 Å². The minimum Gasteiger partial charge on any atom is -0.465 e. The maximum atomic E-state index is 12.7. The highest BCUT2D eigenvalue weighted by Gasteiger charge is 2.21. The van der Waals surface area contributed by atoms with E-state index in [1.165, 1.54) is 30.7 Å². The highest BCUT2D eigenvalue weighted by Crippen LogP contribution is 2.33. The van der Waals surface area contributed by atoms with Crippen molar-refractivity contribution in [3.05, 3.63) is 58.2 Å². The third-order valence-electron chi connectivity index (χ3n) is 4.08. The number of esters is 1. The predicted molar refractivity (Wildman–Crippen MR) is 112 cm³/mol. The number of rotatable bonds is 5. The van der Waals surface area contributed by atoms with Gasteiger partial charge < -0.3 is 10.1 Å². The van der Waals surface area contributed by atoms with Gasteiger partial charge in [-0.3, -0.25) is 9.78 Å². The van der Waals surface area contributed by atoms with E-state index in [0.717, 1.165) is 10.4 Å². The van der Waals surface area contributed by atoms with Crippen LogP contribution in [0.15, 0.2) is 42.1 Å². The fourth-order valence-corrected chi connectivity index (χ4v) is 3.60. The molecule has 0 atom stereocenters. The molecule has 3 aromatic rings. The van der Waals surface area contributed by atoms with E-state index >= 15 is 0 Å². The Hall–Kier alpha value is -3.57. The summed E-state index contributed by atoms with van der Waals surface area (Å²) >= 11 is 1.28. The van der Waals surface area contributed by atoms with Crippen LogP contribution in [0.25, 0.3) is 17.1 Å². The first kappa shape index (κ1) is 20.2. The van der Waals surface area contributed by atoms with E-state index in [-0.39, 0.29) is 17.1 Å². The highest BCUT2D eigenvalue weighted by atomic mass is 32.1. The van der Waals surface area contributed by atoms with Crippen LogP contribution in [0.5, 0.6) is 0 Å². The maximum Gasteiger partial charge on any atom is 0.340 e. The zero-order chi connectivity index (χ0) is 21.0. The summed E-state index contributed by atoms with van der Waals surface area (Å²) in [6.45, 7) is 3.97. The number of ether oxygens (including phenoxy) is 1. The fraction of sp³-hybridized carbons (Fsp3) is 0.190. The normalized spacial score (nSPS) is 11.3. The van der Waals surface area contributed by atoms with E-state index < -0.39 is 11.9 Å². The number of nitrogens with one attached hydrogen (secondary N) is 1. The molecule has 146 valence electrons. The van der Waals surface area contributed by atoms with Crippen molar-refractivity contribution < 1.29 is 14.3 Å². The minimum absolute atomic E-state index is 0.148. The van der Waals surface area contributed by atoms with Crippen molar-refractivity contribution in [1.82, 2.24) is 9.97 Å². The van der Waals surface area contributed by atoms with Gasteiger partial charge in [-0.15, -0.1) is 11.3 Å². The molecular formula is C21H18N4O3S. The van der Waals surface area contributed by atoms with Gasteiger partial charge >= 0.3 is 5.97 Å². The number of nitriles is 1. The van der Waals surface area contributed by atoms with E-state index in [2.05, 4.69) is 15.3 Å². The Bertz CT molecular complexity index is 1160. The molecular weight excluding hydrogens is 388 g/mol. The lowest BCUT2D eigenvalue weighted by Crippen LogP contribution is -2.15. The summed E-state index contributed by atoms with van der Waals surface area (Å²) in [5, 5.41) is 12.4. The number of hydrogen-bond acceptors (Lipinski definition) is 7. The molecule has 3 rings (SSSR count). The van der Waals surface area contributed by atoms with Crippen LogP contribution in [0.1, 0.15) is 40.7 Å². The van der Waals surface area contributed by atoms with Crippen LogP contribution < -0.4 is 5.32 Å². The van der Waals surface area contributed by atoms with Gasteiger partial charge in [0.05, 0.1) is 35.6 Å². The van der Waals surface area contributed by atoms with E-state index in [0.29, 0.717) is 16.2 Å². The summed E-state index contributed by atoms with van der Waals surface area (Å²) in [6, 6.07) is 10.9. The van der Waals surface area contributed by atoms with Gasteiger partial charge in [0, 0.05) is 4.88 Å². The molecule has 2 aromatic heterocycles. The molecule has 29 heavy (non-hydrogen) atoms. The van der Waals surface area contributed by atoms with E-state index in [1.54, 1.807) is 12.1 Å². The summed E-state index contributed by atoms with van der Waals surface area (Å²) in [5.41, 5.74) is 1.88. The zero-order valence-corrected chi connectivity index (χ0v) is 16.9. The summed E-state index contributed by atoms with van der Waals surface area (Å²) in [6.07, 6.45) is 2.86. The average Bonchev–Trinajstić information content (AvgIpc) is 3.15. The molecule has 1 aromatic carbocycles. The molecule has 0 bridgehead atoms. The second kappa shape index (κ2) is 8.63. The molecule has 0 spiro atoms. The van der Waals surface area contributed by atoms with Crippen molar-refractivity contribution in [2.45, 2.75) is 19.8 Å². The number of aromatic nitrogens is 2. The van der Waals surface area contributed by atoms with Crippen molar-refractivity contribution >= 4 is 45.3 Å². The third-order valence-corrected chi connectivity index (χ3v) is 5.43.